The van der Waals surface area contributed by atoms with Gasteiger partial charge in [0.2, 0.25) is 0 Å². The van der Waals surface area contributed by atoms with Gasteiger partial charge in [-0.3, -0.25) is 4.79 Å². The van der Waals surface area contributed by atoms with Gasteiger partial charge in [0.25, 0.3) is 0 Å². The molecule has 0 aliphatic carbocycles. The minimum Gasteiger partial charge on any atom is -0.465 e. The predicted octanol–water partition coefficient (Wildman–Crippen LogP) is 1.00. The minimum atomic E-state index is -0.571. The number of rotatable bonds is 3. The summed E-state index contributed by atoms with van der Waals surface area (Å²) in [6, 6.07) is 5.75. The number of nitrogens with two attached hydrogens (primary N) is 1. The van der Waals surface area contributed by atoms with Gasteiger partial charge in [0, 0.05) is 5.56 Å². The van der Waals surface area contributed by atoms with Crippen LogP contribution in [-0.4, -0.2) is 24.9 Å². The van der Waals surface area contributed by atoms with Crippen LogP contribution in [-0.2, 0) is 4.74 Å². The third kappa shape index (κ3) is 2.63. The fourth-order valence-electron chi connectivity index (χ4n) is 1.18. The molecule has 15 heavy (non-hydrogen) atoms. The second kappa shape index (κ2) is 4.70. The smallest absolute Gasteiger partial charge is 0.337 e. The molecule has 0 aliphatic heterocycles. The molecule has 0 fully saturated rings. The topological polar surface area (TPSA) is 69.4 Å². The second-order valence-electron chi connectivity index (χ2n) is 3.23. The van der Waals surface area contributed by atoms with Crippen LogP contribution < -0.4 is 5.73 Å². The van der Waals surface area contributed by atoms with Gasteiger partial charge in [-0.2, -0.15) is 0 Å². The van der Waals surface area contributed by atoms with Gasteiger partial charge in [0.15, 0.2) is 5.78 Å². The van der Waals surface area contributed by atoms with Crippen LogP contribution in [0.25, 0.3) is 0 Å². The van der Waals surface area contributed by atoms with Crippen LogP contribution in [0, 0.1) is 0 Å². The minimum absolute atomic E-state index is 0.194. The zero-order valence-corrected chi connectivity index (χ0v) is 8.69. The molecule has 0 heterocycles. The van der Waals surface area contributed by atoms with Crippen molar-refractivity contribution in [1.82, 2.24) is 0 Å². The van der Waals surface area contributed by atoms with E-state index in [9.17, 15) is 9.59 Å². The van der Waals surface area contributed by atoms with Crippen LogP contribution >= 0.6 is 0 Å². The average molecular weight is 207 g/mol. The standard InChI is InChI=1S/C11H13NO3/c1-7(12)10(13)8-4-3-5-9(6-8)11(14)15-2/h3-7H,12H2,1-2H3. The Kier molecular flexibility index (Phi) is 3.57. The van der Waals surface area contributed by atoms with Crippen LogP contribution in [0.4, 0.5) is 0 Å². The Morgan fingerprint density at radius 2 is 1.93 bits per heavy atom. The van der Waals surface area contributed by atoms with Crippen molar-refractivity contribution >= 4 is 11.8 Å². The van der Waals surface area contributed by atoms with E-state index in [1.54, 1.807) is 25.1 Å². The van der Waals surface area contributed by atoms with Crippen molar-refractivity contribution in [2.45, 2.75) is 13.0 Å². The number of carbonyl (C=O) groups excluding carboxylic acids is 2. The summed E-state index contributed by atoms with van der Waals surface area (Å²) >= 11 is 0. The molecule has 0 bridgehead atoms. The van der Waals surface area contributed by atoms with Gasteiger partial charge in [0.05, 0.1) is 18.7 Å². The maximum Gasteiger partial charge on any atom is 0.337 e. The fraction of sp³-hybridized carbons (Fsp3) is 0.273. The van der Waals surface area contributed by atoms with Crippen molar-refractivity contribution in [3.8, 4) is 0 Å². The number of ether oxygens (including phenoxy) is 1. The molecule has 1 atom stereocenters. The number of esters is 1. The number of methoxy groups -OCH3 is 1. The Balaban J connectivity index is 3.02. The van der Waals surface area contributed by atoms with E-state index in [4.69, 9.17) is 5.73 Å². The van der Waals surface area contributed by atoms with Crippen molar-refractivity contribution < 1.29 is 14.3 Å². The van der Waals surface area contributed by atoms with Crippen molar-refractivity contribution in [3.63, 3.8) is 0 Å². The van der Waals surface area contributed by atoms with E-state index in [0.29, 0.717) is 11.1 Å². The first-order chi connectivity index (χ1) is 7.06. The quantitative estimate of drug-likeness (QED) is 0.593. The lowest BCUT2D eigenvalue weighted by Gasteiger charge is -2.05. The Morgan fingerprint density at radius 3 is 2.47 bits per heavy atom. The summed E-state index contributed by atoms with van der Waals surface area (Å²) in [7, 11) is 1.29. The maximum atomic E-state index is 11.5. The predicted molar refractivity (Wildman–Crippen MR) is 55.8 cm³/mol. The molecule has 0 amide bonds. The van der Waals surface area contributed by atoms with Gasteiger partial charge in [-0.05, 0) is 19.1 Å². The highest BCUT2D eigenvalue weighted by atomic mass is 16.5. The highest BCUT2D eigenvalue weighted by Gasteiger charge is 2.13. The molecule has 0 aliphatic rings. The Morgan fingerprint density at radius 1 is 1.33 bits per heavy atom. The molecule has 80 valence electrons. The van der Waals surface area contributed by atoms with E-state index < -0.39 is 12.0 Å². The Labute approximate surface area is 88.0 Å². The normalized spacial score (nSPS) is 11.9. The maximum absolute atomic E-state index is 11.5. The second-order valence-corrected chi connectivity index (χ2v) is 3.23. The van der Waals surface area contributed by atoms with Crippen LogP contribution in [0.15, 0.2) is 24.3 Å². The van der Waals surface area contributed by atoms with Gasteiger partial charge in [0.1, 0.15) is 0 Å². The highest BCUT2D eigenvalue weighted by Crippen LogP contribution is 2.08. The van der Waals surface area contributed by atoms with Crippen molar-refractivity contribution in [1.29, 1.82) is 0 Å². The number of Topliss-reactive ketones (excluding diaryl/α,β-unsaturated/α-hetero) is 1. The molecule has 4 nitrogen and oxygen atoms in total. The molecule has 0 radical (unpaired) electrons. The van der Waals surface area contributed by atoms with Crippen LogP contribution in [0.1, 0.15) is 27.6 Å². The van der Waals surface area contributed by atoms with Gasteiger partial charge in [-0.1, -0.05) is 12.1 Å². The van der Waals surface area contributed by atoms with Crippen molar-refractivity contribution in [2.75, 3.05) is 7.11 Å². The number of carbonyl (C=O) groups is 2. The van der Waals surface area contributed by atoms with E-state index in [1.165, 1.54) is 13.2 Å². The summed E-state index contributed by atoms with van der Waals surface area (Å²) in [5, 5.41) is 0. The van der Waals surface area contributed by atoms with E-state index >= 15 is 0 Å². The Bertz CT molecular complexity index is 385. The number of ketones is 1. The van der Waals surface area contributed by atoms with Gasteiger partial charge < -0.3 is 10.5 Å². The van der Waals surface area contributed by atoms with Crippen LogP contribution in [0.2, 0.25) is 0 Å². The van der Waals surface area contributed by atoms with E-state index in [-0.39, 0.29) is 5.78 Å². The molecule has 0 spiro atoms. The molecule has 4 heteroatoms. The number of benzene rings is 1. The van der Waals surface area contributed by atoms with Crippen molar-refractivity contribution in [3.05, 3.63) is 35.4 Å². The van der Waals surface area contributed by atoms with E-state index in [2.05, 4.69) is 4.74 Å². The molecule has 0 saturated heterocycles. The molecule has 2 N–H and O–H groups in total. The average Bonchev–Trinajstić information content (AvgIpc) is 2.27. The summed E-state index contributed by atoms with van der Waals surface area (Å²) in [5.74, 6) is -0.657. The number of hydrogen-bond acceptors (Lipinski definition) is 4. The SMILES string of the molecule is COC(=O)c1cccc(C(=O)C(C)N)c1. The summed E-state index contributed by atoms with van der Waals surface area (Å²) in [6.45, 7) is 1.60. The monoisotopic (exact) mass is 207 g/mol. The Hall–Kier alpha value is -1.68. The summed E-state index contributed by atoms with van der Waals surface area (Å²) < 4.78 is 4.55. The number of hydrogen-bond donors (Lipinski definition) is 1. The van der Waals surface area contributed by atoms with Gasteiger partial charge in [-0.15, -0.1) is 0 Å². The summed E-state index contributed by atoms with van der Waals surface area (Å²) in [4.78, 5) is 22.7. The zero-order valence-electron chi connectivity index (χ0n) is 8.69. The molecular formula is C11H13NO3. The lowest BCUT2D eigenvalue weighted by molar-refractivity contribution is 0.0600. The van der Waals surface area contributed by atoms with Crippen LogP contribution in [0.3, 0.4) is 0 Å². The zero-order chi connectivity index (χ0) is 11.4. The molecule has 0 saturated carbocycles. The lowest BCUT2D eigenvalue weighted by Crippen LogP contribution is -2.26. The molecule has 1 aromatic rings. The van der Waals surface area contributed by atoms with Crippen LogP contribution in [0.5, 0.6) is 0 Å². The first kappa shape index (κ1) is 11.4. The third-order valence-electron chi connectivity index (χ3n) is 1.98. The molecular weight excluding hydrogens is 194 g/mol. The summed E-state index contributed by atoms with van der Waals surface area (Å²) in [5.41, 5.74) is 6.24. The largest absolute Gasteiger partial charge is 0.465 e. The van der Waals surface area contributed by atoms with Gasteiger partial charge in [-0.25, -0.2) is 4.79 Å². The van der Waals surface area contributed by atoms with E-state index in [0.717, 1.165) is 0 Å². The highest BCUT2D eigenvalue weighted by molar-refractivity contribution is 6.01. The first-order valence-electron chi connectivity index (χ1n) is 4.54. The molecule has 0 aromatic heterocycles. The molecule has 1 aromatic carbocycles. The summed E-state index contributed by atoms with van der Waals surface area (Å²) in [6.07, 6.45) is 0. The molecule has 1 rings (SSSR count). The third-order valence-corrected chi connectivity index (χ3v) is 1.98. The lowest BCUT2D eigenvalue weighted by atomic mass is 10.0. The first-order valence-corrected chi connectivity index (χ1v) is 4.54. The fourth-order valence-corrected chi connectivity index (χ4v) is 1.18. The molecule has 1 unspecified atom stereocenters. The van der Waals surface area contributed by atoms with Crippen molar-refractivity contribution in [2.24, 2.45) is 5.73 Å². The van der Waals surface area contributed by atoms with Gasteiger partial charge >= 0.3 is 5.97 Å². The van der Waals surface area contributed by atoms with E-state index in [1.807, 2.05) is 0 Å².